The molecule has 0 aliphatic heterocycles. The van der Waals surface area contributed by atoms with Crippen molar-refractivity contribution in [3.63, 3.8) is 0 Å². The predicted molar refractivity (Wildman–Crippen MR) is 52.1 cm³/mol. The minimum atomic E-state index is -2.88. The molecule has 0 bridgehead atoms. The molecule has 1 amide bonds. The van der Waals surface area contributed by atoms with E-state index in [4.69, 9.17) is 5.73 Å². The van der Waals surface area contributed by atoms with Gasteiger partial charge in [-0.2, -0.15) is 0 Å². The largest absolute Gasteiger partial charge is 0.505 e. The van der Waals surface area contributed by atoms with E-state index in [1.54, 1.807) is 22.6 Å². The maximum absolute atomic E-state index is 12.2. The highest BCUT2D eigenvalue weighted by molar-refractivity contribution is 14.1. The Balaban J connectivity index is 3.33. The van der Waals surface area contributed by atoms with Crippen LogP contribution in [0.4, 0.5) is 8.78 Å². The minimum absolute atomic E-state index is 0.0135. The van der Waals surface area contributed by atoms with Crippen LogP contribution in [0.5, 0.6) is 5.75 Å². The third-order valence-electron chi connectivity index (χ3n) is 1.49. The molecular formula is C7H5F2IN2O2. The fourth-order valence-corrected chi connectivity index (χ4v) is 1.50. The topological polar surface area (TPSA) is 76.2 Å². The fraction of sp³-hybridized carbons (Fsp3) is 0.143. The van der Waals surface area contributed by atoms with Gasteiger partial charge in [0.2, 0.25) is 0 Å². The Hall–Kier alpha value is -0.990. The number of hydrogen-bond donors (Lipinski definition) is 2. The standard InChI is InChI=1S/C7H5F2IN2O2/c8-6(9)4-5(13)3(10)2(1-12-4)7(11)14/h1,6,13H,(H2,11,14). The summed E-state index contributed by atoms with van der Waals surface area (Å²) in [6, 6.07) is 0. The number of halogens is 3. The highest BCUT2D eigenvalue weighted by Gasteiger charge is 2.20. The van der Waals surface area contributed by atoms with Crippen molar-refractivity contribution < 1.29 is 18.7 Å². The molecule has 1 rings (SSSR count). The van der Waals surface area contributed by atoms with E-state index in [1.165, 1.54) is 0 Å². The normalized spacial score (nSPS) is 10.6. The van der Waals surface area contributed by atoms with Crippen molar-refractivity contribution in [2.75, 3.05) is 0 Å². The molecule has 3 N–H and O–H groups in total. The van der Waals surface area contributed by atoms with Crippen LogP contribution in [0.2, 0.25) is 0 Å². The van der Waals surface area contributed by atoms with Gasteiger partial charge in [0.05, 0.1) is 9.13 Å². The Morgan fingerprint density at radius 3 is 2.64 bits per heavy atom. The maximum Gasteiger partial charge on any atom is 0.284 e. The smallest absolute Gasteiger partial charge is 0.284 e. The van der Waals surface area contributed by atoms with Crippen LogP contribution in [0.15, 0.2) is 6.20 Å². The maximum atomic E-state index is 12.2. The van der Waals surface area contributed by atoms with E-state index < -0.39 is 23.8 Å². The Kier molecular flexibility index (Phi) is 3.19. The van der Waals surface area contributed by atoms with E-state index in [9.17, 15) is 18.7 Å². The monoisotopic (exact) mass is 314 g/mol. The number of alkyl halides is 2. The summed E-state index contributed by atoms with van der Waals surface area (Å²) in [6.45, 7) is 0. The van der Waals surface area contributed by atoms with Crippen LogP contribution in [0.25, 0.3) is 0 Å². The van der Waals surface area contributed by atoms with E-state index in [2.05, 4.69) is 4.98 Å². The summed E-state index contributed by atoms with van der Waals surface area (Å²) in [6.07, 6.45) is -1.96. The first-order valence-corrected chi connectivity index (χ1v) is 4.48. The van der Waals surface area contributed by atoms with Crippen LogP contribution in [0.1, 0.15) is 22.5 Å². The molecule has 0 spiro atoms. The third-order valence-corrected chi connectivity index (χ3v) is 2.58. The van der Waals surface area contributed by atoms with Crippen molar-refractivity contribution in [2.24, 2.45) is 5.73 Å². The number of carbonyl (C=O) groups is 1. The average Bonchev–Trinajstić information content (AvgIpc) is 2.08. The van der Waals surface area contributed by atoms with Gasteiger partial charge in [-0.3, -0.25) is 9.78 Å². The number of amides is 1. The zero-order valence-corrected chi connectivity index (χ0v) is 8.83. The highest BCUT2D eigenvalue weighted by atomic mass is 127. The summed E-state index contributed by atoms with van der Waals surface area (Å²) in [5.41, 5.74) is 4.10. The van der Waals surface area contributed by atoms with E-state index >= 15 is 0 Å². The molecule has 0 saturated carbocycles. The number of primary amides is 1. The van der Waals surface area contributed by atoms with E-state index in [1.807, 2.05) is 0 Å². The Bertz CT molecular complexity index is 384. The molecule has 4 nitrogen and oxygen atoms in total. The van der Waals surface area contributed by atoms with Gasteiger partial charge in [0.25, 0.3) is 12.3 Å². The first kappa shape index (κ1) is 11.1. The molecule has 0 unspecified atom stereocenters. The van der Waals surface area contributed by atoms with Gasteiger partial charge in [0, 0.05) is 6.20 Å². The number of hydrogen-bond acceptors (Lipinski definition) is 3. The lowest BCUT2D eigenvalue weighted by Gasteiger charge is -2.06. The summed E-state index contributed by atoms with van der Waals surface area (Å²) >= 11 is 1.55. The van der Waals surface area contributed by atoms with Crippen LogP contribution in [-0.4, -0.2) is 16.0 Å². The first-order chi connectivity index (χ1) is 6.45. The lowest BCUT2D eigenvalue weighted by molar-refractivity contribution is 0.0997. The van der Waals surface area contributed by atoms with Gasteiger partial charge in [0.15, 0.2) is 5.75 Å². The molecule has 0 atom stereocenters. The van der Waals surface area contributed by atoms with Gasteiger partial charge in [0.1, 0.15) is 5.69 Å². The summed E-state index contributed by atoms with van der Waals surface area (Å²) < 4.78 is 24.4. The molecule has 1 aromatic heterocycles. The summed E-state index contributed by atoms with van der Waals surface area (Å²) in [7, 11) is 0. The van der Waals surface area contributed by atoms with Gasteiger partial charge in [-0.05, 0) is 22.6 Å². The molecule has 0 aromatic carbocycles. The van der Waals surface area contributed by atoms with Crippen molar-refractivity contribution in [1.82, 2.24) is 4.98 Å². The van der Waals surface area contributed by atoms with Gasteiger partial charge in [-0.25, -0.2) is 8.78 Å². The molecule has 76 valence electrons. The molecule has 0 fully saturated rings. The van der Waals surface area contributed by atoms with Crippen LogP contribution < -0.4 is 5.73 Å². The van der Waals surface area contributed by atoms with Crippen molar-refractivity contribution >= 4 is 28.5 Å². The number of carbonyl (C=O) groups excluding carboxylic acids is 1. The molecule has 0 aliphatic rings. The zero-order valence-electron chi connectivity index (χ0n) is 6.67. The molecule has 14 heavy (non-hydrogen) atoms. The van der Waals surface area contributed by atoms with Crippen molar-refractivity contribution in [3.05, 3.63) is 21.0 Å². The lowest BCUT2D eigenvalue weighted by atomic mass is 10.2. The van der Waals surface area contributed by atoms with Gasteiger partial charge < -0.3 is 10.8 Å². The number of pyridine rings is 1. The molecule has 7 heteroatoms. The Morgan fingerprint density at radius 1 is 1.64 bits per heavy atom. The Labute approximate surface area is 91.3 Å². The third kappa shape index (κ3) is 1.91. The second-order valence-corrected chi connectivity index (χ2v) is 3.46. The first-order valence-electron chi connectivity index (χ1n) is 3.40. The second-order valence-electron chi connectivity index (χ2n) is 2.38. The number of aromatic hydroxyl groups is 1. The summed E-state index contributed by atoms with van der Waals surface area (Å²) in [4.78, 5) is 14.0. The summed E-state index contributed by atoms with van der Waals surface area (Å²) in [5, 5.41) is 9.24. The van der Waals surface area contributed by atoms with Gasteiger partial charge in [-0.15, -0.1) is 0 Å². The molecule has 0 aliphatic carbocycles. The highest BCUT2D eigenvalue weighted by Crippen LogP contribution is 2.31. The van der Waals surface area contributed by atoms with E-state index in [0.29, 0.717) is 0 Å². The predicted octanol–water partition coefficient (Wildman–Crippen LogP) is 1.43. The van der Waals surface area contributed by atoms with E-state index in [0.717, 1.165) is 6.20 Å². The van der Waals surface area contributed by atoms with Crippen LogP contribution in [0.3, 0.4) is 0 Å². The number of rotatable bonds is 2. The number of aromatic nitrogens is 1. The number of nitrogens with zero attached hydrogens (tertiary/aromatic N) is 1. The van der Waals surface area contributed by atoms with Gasteiger partial charge in [-0.1, -0.05) is 0 Å². The second kappa shape index (κ2) is 4.03. The average molecular weight is 314 g/mol. The van der Waals surface area contributed by atoms with Gasteiger partial charge >= 0.3 is 0 Å². The SMILES string of the molecule is NC(=O)c1cnc(C(F)F)c(O)c1I. The summed E-state index contributed by atoms with van der Waals surface area (Å²) in [5.74, 6) is -1.52. The van der Waals surface area contributed by atoms with Crippen molar-refractivity contribution in [1.29, 1.82) is 0 Å². The van der Waals surface area contributed by atoms with Crippen molar-refractivity contribution in [3.8, 4) is 5.75 Å². The quantitative estimate of drug-likeness (QED) is 0.811. The minimum Gasteiger partial charge on any atom is -0.505 e. The molecule has 0 radical (unpaired) electrons. The molecular weight excluding hydrogens is 309 g/mol. The van der Waals surface area contributed by atoms with Crippen LogP contribution >= 0.6 is 22.6 Å². The number of nitrogens with two attached hydrogens (primary N) is 1. The zero-order chi connectivity index (χ0) is 10.9. The van der Waals surface area contributed by atoms with E-state index in [-0.39, 0.29) is 9.13 Å². The van der Waals surface area contributed by atoms with Crippen LogP contribution in [0, 0.1) is 3.57 Å². The molecule has 1 aromatic rings. The van der Waals surface area contributed by atoms with Crippen LogP contribution in [-0.2, 0) is 0 Å². The Morgan fingerprint density at radius 2 is 2.21 bits per heavy atom. The fourth-order valence-electron chi connectivity index (χ4n) is 0.823. The molecule has 0 saturated heterocycles. The molecule has 1 heterocycles. The van der Waals surface area contributed by atoms with Crippen molar-refractivity contribution in [2.45, 2.75) is 6.43 Å². The lowest BCUT2D eigenvalue weighted by Crippen LogP contribution is -2.14.